The quantitative estimate of drug-likeness (QED) is 0.826. The SMILES string of the molecule is Cc1ccc(C2CC(N)=C(OSCc3ccccc3)C2=O)c(F)c1. The summed E-state index contributed by atoms with van der Waals surface area (Å²) in [6.45, 7) is 1.81. The van der Waals surface area contributed by atoms with Gasteiger partial charge in [0, 0.05) is 6.42 Å². The molecule has 0 spiro atoms. The van der Waals surface area contributed by atoms with E-state index in [1.807, 2.05) is 37.3 Å². The van der Waals surface area contributed by atoms with Crippen molar-refractivity contribution >= 4 is 17.8 Å². The van der Waals surface area contributed by atoms with E-state index in [1.165, 1.54) is 6.07 Å². The van der Waals surface area contributed by atoms with Gasteiger partial charge >= 0.3 is 0 Å². The summed E-state index contributed by atoms with van der Waals surface area (Å²) in [6.07, 6.45) is 0.292. The zero-order chi connectivity index (χ0) is 17.1. The van der Waals surface area contributed by atoms with Gasteiger partial charge < -0.3 is 9.92 Å². The zero-order valence-electron chi connectivity index (χ0n) is 13.3. The van der Waals surface area contributed by atoms with Crippen LogP contribution < -0.4 is 5.73 Å². The third kappa shape index (κ3) is 3.46. The number of carbonyl (C=O) groups excluding carboxylic acids is 1. The molecule has 0 saturated carbocycles. The lowest BCUT2D eigenvalue weighted by Gasteiger charge is -2.11. The van der Waals surface area contributed by atoms with Crippen molar-refractivity contribution in [1.29, 1.82) is 0 Å². The Hall–Kier alpha value is -2.27. The first-order valence-corrected chi connectivity index (χ1v) is 8.59. The maximum atomic E-state index is 14.1. The minimum atomic E-state index is -0.599. The number of nitrogens with two attached hydrogens (primary N) is 1. The fourth-order valence-corrected chi connectivity index (χ4v) is 3.41. The number of halogens is 1. The smallest absolute Gasteiger partial charge is 0.208 e. The maximum Gasteiger partial charge on any atom is 0.208 e. The lowest BCUT2D eigenvalue weighted by Crippen LogP contribution is -2.11. The molecule has 3 nitrogen and oxygen atoms in total. The summed E-state index contributed by atoms with van der Waals surface area (Å²) in [5.41, 5.74) is 8.62. The van der Waals surface area contributed by atoms with Gasteiger partial charge in [-0.05, 0) is 29.7 Å². The van der Waals surface area contributed by atoms with E-state index in [-0.39, 0.29) is 17.4 Å². The molecule has 124 valence electrons. The van der Waals surface area contributed by atoms with Crippen molar-refractivity contribution in [3.05, 3.63) is 82.5 Å². The highest BCUT2D eigenvalue weighted by molar-refractivity contribution is 7.94. The van der Waals surface area contributed by atoms with Crippen LogP contribution in [0.2, 0.25) is 0 Å². The number of ketones is 1. The van der Waals surface area contributed by atoms with Crippen molar-refractivity contribution < 1.29 is 13.4 Å². The molecule has 2 aromatic rings. The molecule has 0 fully saturated rings. The summed E-state index contributed by atoms with van der Waals surface area (Å²) < 4.78 is 19.7. The number of Topliss-reactive ketones (excluding diaryl/α,β-unsaturated/α-hetero) is 1. The predicted molar refractivity (Wildman–Crippen MR) is 93.5 cm³/mol. The fourth-order valence-electron chi connectivity index (χ4n) is 2.71. The highest BCUT2D eigenvalue weighted by atomic mass is 32.2. The molecule has 0 aromatic heterocycles. The third-order valence-corrected chi connectivity index (χ3v) is 4.73. The van der Waals surface area contributed by atoms with E-state index in [1.54, 1.807) is 12.1 Å². The fraction of sp³-hybridized carbons (Fsp3) is 0.211. The molecular weight excluding hydrogens is 325 g/mol. The first-order valence-electron chi connectivity index (χ1n) is 7.68. The van der Waals surface area contributed by atoms with Gasteiger partial charge in [-0.1, -0.05) is 42.5 Å². The van der Waals surface area contributed by atoms with Gasteiger partial charge in [-0.25, -0.2) is 4.39 Å². The standard InChI is InChI=1S/C19H18FNO2S/c1-12-7-8-14(16(20)9-12)15-10-17(21)19(18(15)22)23-24-11-13-5-3-2-4-6-13/h2-9,15H,10-11,21H2,1H3. The van der Waals surface area contributed by atoms with Gasteiger partial charge in [-0.3, -0.25) is 4.79 Å². The first-order chi connectivity index (χ1) is 11.6. The average molecular weight is 343 g/mol. The van der Waals surface area contributed by atoms with Crippen LogP contribution in [0.25, 0.3) is 0 Å². The summed E-state index contributed by atoms with van der Waals surface area (Å²) in [5, 5.41) is 0. The Morgan fingerprint density at radius 2 is 2.00 bits per heavy atom. The third-order valence-electron chi connectivity index (χ3n) is 4.00. The maximum absolute atomic E-state index is 14.1. The normalized spacial score (nSPS) is 17.4. The minimum Gasteiger partial charge on any atom is -0.420 e. The number of aryl methyl sites for hydroxylation is 1. The summed E-state index contributed by atoms with van der Waals surface area (Å²) in [7, 11) is 0. The van der Waals surface area contributed by atoms with Gasteiger partial charge in [0.05, 0.1) is 29.4 Å². The van der Waals surface area contributed by atoms with E-state index in [0.717, 1.165) is 23.2 Å². The molecule has 0 radical (unpaired) electrons. The largest absolute Gasteiger partial charge is 0.420 e. The van der Waals surface area contributed by atoms with Crippen molar-refractivity contribution in [1.82, 2.24) is 0 Å². The van der Waals surface area contributed by atoms with E-state index in [0.29, 0.717) is 23.4 Å². The van der Waals surface area contributed by atoms with Crippen LogP contribution in [0.15, 0.2) is 60.0 Å². The van der Waals surface area contributed by atoms with Gasteiger partial charge in [0.25, 0.3) is 0 Å². The molecule has 2 N–H and O–H groups in total. The molecular formula is C19H18FNO2S. The molecule has 1 aliphatic carbocycles. The van der Waals surface area contributed by atoms with E-state index in [4.69, 9.17) is 9.92 Å². The molecule has 0 heterocycles. The van der Waals surface area contributed by atoms with Crippen LogP contribution in [0.3, 0.4) is 0 Å². The lowest BCUT2D eigenvalue weighted by molar-refractivity contribution is -0.118. The topological polar surface area (TPSA) is 52.3 Å². The second-order valence-electron chi connectivity index (χ2n) is 5.83. The second kappa shape index (κ2) is 7.09. The van der Waals surface area contributed by atoms with Crippen LogP contribution in [0.1, 0.15) is 29.0 Å². The van der Waals surface area contributed by atoms with Crippen molar-refractivity contribution in [3.8, 4) is 0 Å². The van der Waals surface area contributed by atoms with Gasteiger partial charge in [0.15, 0.2) is 5.76 Å². The van der Waals surface area contributed by atoms with E-state index >= 15 is 0 Å². The lowest BCUT2D eigenvalue weighted by atomic mass is 9.94. The van der Waals surface area contributed by atoms with Crippen LogP contribution in [-0.4, -0.2) is 5.78 Å². The van der Waals surface area contributed by atoms with Crippen molar-refractivity contribution in [2.75, 3.05) is 0 Å². The average Bonchev–Trinajstić information content (AvgIpc) is 2.84. The number of benzene rings is 2. The molecule has 1 unspecified atom stereocenters. The van der Waals surface area contributed by atoms with E-state index in [9.17, 15) is 9.18 Å². The van der Waals surface area contributed by atoms with Gasteiger partial charge in [0.2, 0.25) is 5.78 Å². The van der Waals surface area contributed by atoms with Crippen molar-refractivity contribution in [3.63, 3.8) is 0 Å². The number of carbonyl (C=O) groups is 1. The van der Waals surface area contributed by atoms with Gasteiger partial charge in [0.1, 0.15) is 5.82 Å². The molecule has 24 heavy (non-hydrogen) atoms. The summed E-state index contributed by atoms with van der Waals surface area (Å²) in [5.74, 6) is -0.469. The zero-order valence-corrected chi connectivity index (χ0v) is 14.1. The number of hydrogen-bond acceptors (Lipinski definition) is 4. The van der Waals surface area contributed by atoms with Crippen LogP contribution in [0.5, 0.6) is 0 Å². The molecule has 5 heteroatoms. The summed E-state index contributed by atoms with van der Waals surface area (Å²) in [4.78, 5) is 12.6. The predicted octanol–water partition coefficient (Wildman–Crippen LogP) is 4.23. The Labute approximate surface area is 144 Å². The Kier molecular flexibility index (Phi) is 4.90. The molecule has 0 bridgehead atoms. The van der Waals surface area contributed by atoms with Crippen molar-refractivity contribution in [2.24, 2.45) is 5.73 Å². The molecule has 0 saturated heterocycles. The van der Waals surface area contributed by atoms with Crippen LogP contribution >= 0.6 is 12.0 Å². The van der Waals surface area contributed by atoms with Gasteiger partial charge in [-0.15, -0.1) is 0 Å². The molecule has 3 rings (SSSR count). The molecule has 2 aromatic carbocycles. The highest BCUT2D eigenvalue weighted by Crippen LogP contribution is 2.37. The first kappa shape index (κ1) is 16.6. The number of rotatable bonds is 5. The van der Waals surface area contributed by atoms with Crippen molar-refractivity contribution in [2.45, 2.75) is 25.0 Å². The Morgan fingerprint density at radius 3 is 2.71 bits per heavy atom. The van der Waals surface area contributed by atoms with Crippen LogP contribution in [-0.2, 0) is 14.7 Å². The number of allylic oxidation sites excluding steroid dienone is 2. The van der Waals surface area contributed by atoms with Gasteiger partial charge in [-0.2, -0.15) is 0 Å². The van der Waals surface area contributed by atoms with E-state index < -0.39 is 5.92 Å². The summed E-state index contributed by atoms with van der Waals surface area (Å²) in [6, 6.07) is 14.7. The van der Waals surface area contributed by atoms with E-state index in [2.05, 4.69) is 0 Å². The number of hydrogen-bond donors (Lipinski definition) is 1. The van der Waals surface area contributed by atoms with Crippen LogP contribution in [0.4, 0.5) is 4.39 Å². The monoisotopic (exact) mass is 343 g/mol. The van der Waals surface area contributed by atoms with Crippen LogP contribution in [0, 0.1) is 12.7 Å². The molecule has 0 amide bonds. The summed E-state index contributed by atoms with van der Waals surface area (Å²) >= 11 is 1.16. The Bertz CT molecular complexity index is 789. The minimum absolute atomic E-state index is 0.154. The molecule has 0 aliphatic heterocycles. The second-order valence-corrected chi connectivity index (χ2v) is 6.52. The Morgan fingerprint density at radius 1 is 1.25 bits per heavy atom. The Balaban J connectivity index is 1.67. The molecule has 1 atom stereocenters. The highest BCUT2D eigenvalue weighted by Gasteiger charge is 2.36. The molecule has 1 aliphatic rings.